The summed E-state index contributed by atoms with van der Waals surface area (Å²) in [6.45, 7) is 6.84. The van der Waals surface area contributed by atoms with Crippen molar-refractivity contribution in [3.63, 3.8) is 0 Å². The largest absolute Gasteiger partial charge is 0.496 e. The zero-order valence-electron chi connectivity index (χ0n) is 14.7. The molecule has 0 fully saturated rings. The molecule has 4 heteroatoms. The SMILES string of the molecule is [B]C1=C(C)N=C(c2ccccc2OC)N(CCc2ccccc2)C1=C. The van der Waals surface area contributed by atoms with E-state index in [9.17, 15) is 0 Å². The van der Waals surface area contributed by atoms with Crippen LogP contribution in [0, 0.1) is 0 Å². The molecule has 0 atom stereocenters. The molecule has 0 saturated carbocycles. The molecule has 0 spiro atoms. The van der Waals surface area contributed by atoms with E-state index in [2.05, 4.69) is 23.6 Å². The number of ether oxygens (including phenoxy) is 1. The van der Waals surface area contributed by atoms with Crippen molar-refractivity contribution in [3.8, 4) is 5.75 Å². The van der Waals surface area contributed by atoms with Gasteiger partial charge in [-0.25, -0.2) is 4.99 Å². The first-order valence-electron chi connectivity index (χ1n) is 8.31. The van der Waals surface area contributed by atoms with E-state index in [4.69, 9.17) is 17.6 Å². The van der Waals surface area contributed by atoms with Crippen molar-refractivity contribution in [1.29, 1.82) is 0 Å². The summed E-state index contributed by atoms with van der Waals surface area (Å²) in [4.78, 5) is 6.82. The predicted octanol–water partition coefficient (Wildman–Crippen LogP) is 3.91. The van der Waals surface area contributed by atoms with Gasteiger partial charge in [0, 0.05) is 17.9 Å². The lowest BCUT2D eigenvalue weighted by Gasteiger charge is -2.33. The maximum absolute atomic E-state index is 6.19. The van der Waals surface area contributed by atoms with Crippen molar-refractivity contribution >= 4 is 13.7 Å². The van der Waals surface area contributed by atoms with Crippen LogP contribution in [0.3, 0.4) is 0 Å². The topological polar surface area (TPSA) is 24.8 Å². The fourth-order valence-corrected chi connectivity index (χ4v) is 2.92. The Morgan fingerprint density at radius 2 is 1.76 bits per heavy atom. The Morgan fingerprint density at radius 1 is 1.08 bits per heavy atom. The summed E-state index contributed by atoms with van der Waals surface area (Å²) in [5.41, 5.74) is 4.39. The van der Waals surface area contributed by atoms with E-state index in [1.165, 1.54) is 5.56 Å². The highest BCUT2D eigenvalue weighted by atomic mass is 16.5. The van der Waals surface area contributed by atoms with Crippen LogP contribution in [0.2, 0.25) is 0 Å². The highest BCUT2D eigenvalue weighted by Crippen LogP contribution is 2.29. The first-order valence-corrected chi connectivity index (χ1v) is 8.31. The molecule has 2 aromatic rings. The van der Waals surface area contributed by atoms with Crippen molar-refractivity contribution in [2.24, 2.45) is 4.99 Å². The number of rotatable bonds is 5. The third-order valence-corrected chi connectivity index (χ3v) is 4.37. The van der Waals surface area contributed by atoms with Crippen LogP contribution in [0.1, 0.15) is 18.1 Å². The molecule has 2 aromatic carbocycles. The molecule has 0 bridgehead atoms. The number of para-hydroxylation sites is 1. The summed E-state index contributed by atoms with van der Waals surface area (Å²) < 4.78 is 5.52. The molecule has 1 heterocycles. The molecular formula is C21H21BN2O. The molecule has 25 heavy (non-hydrogen) atoms. The van der Waals surface area contributed by atoms with Gasteiger partial charge in [-0.05, 0) is 31.0 Å². The summed E-state index contributed by atoms with van der Waals surface area (Å²) in [5, 5.41) is 0. The third-order valence-electron chi connectivity index (χ3n) is 4.37. The second-order valence-electron chi connectivity index (χ2n) is 5.97. The Bertz CT molecular complexity index is 840. The van der Waals surface area contributed by atoms with Gasteiger partial charge in [0.15, 0.2) is 0 Å². The zero-order chi connectivity index (χ0) is 17.8. The number of aliphatic imine (C=N–C) groups is 1. The molecule has 0 aromatic heterocycles. The maximum atomic E-state index is 6.19. The van der Waals surface area contributed by atoms with Crippen LogP contribution >= 0.6 is 0 Å². The lowest BCUT2D eigenvalue weighted by Crippen LogP contribution is -2.36. The summed E-state index contributed by atoms with van der Waals surface area (Å²) in [7, 11) is 7.86. The average molecular weight is 328 g/mol. The van der Waals surface area contributed by atoms with E-state index < -0.39 is 0 Å². The summed E-state index contributed by atoms with van der Waals surface area (Å²) in [5.74, 6) is 1.61. The summed E-state index contributed by atoms with van der Waals surface area (Å²) >= 11 is 0. The molecule has 0 amide bonds. The normalized spacial score (nSPS) is 14.6. The predicted molar refractivity (Wildman–Crippen MR) is 104 cm³/mol. The Balaban J connectivity index is 1.96. The molecule has 3 rings (SSSR count). The van der Waals surface area contributed by atoms with Gasteiger partial charge in [-0.1, -0.05) is 54.5 Å². The van der Waals surface area contributed by atoms with E-state index in [-0.39, 0.29) is 0 Å². The fraction of sp³-hybridized carbons (Fsp3) is 0.190. The molecule has 0 N–H and O–H groups in total. The third kappa shape index (κ3) is 3.53. The van der Waals surface area contributed by atoms with E-state index in [1.807, 2.05) is 49.4 Å². The Hall–Kier alpha value is -2.75. The number of allylic oxidation sites excluding steroid dienone is 2. The minimum atomic E-state index is 0.631. The van der Waals surface area contributed by atoms with E-state index in [0.717, 1.165) is 41.5 Å². The average Bonchev–Trinajstić information content (AvgIpc) is 2.66. The van der Waals surface area contributed by atoms with Crippen molar-refractivity contribution in [2.45, 2.75) is 13.3 Å². The minimum absolute atomic E-state index is 0.631. The van der Waals surface area contributed by atoms with Gasteiger partial charge in [-0.2, -0.15) is 0 Å². The van der Waals surface area contributed by atoms with E-state index in [0.29, 0.717) is 5.47 Å². The number of amidine groups is 1. The first kappa shape index (κ1) is 17.1. The van der Waals surface area contributed by atoms with Gasteiger partial charge in [0.05, 0.1) is 12.7 Å². The van der Waals surface area contributed by atoms with Crippen LogP contribution in [0.4, 0.5) is 0 Å². The van der Waals surface area contributed by atoms with Gasteiger partial charge in [0.25, 0.3) is 0 Å². The molecule has 124 valence electrons. The van der Waals surface area contributed by atoms with Crippen LogP contribution in [-0.2, 0) is 6.42 Å². The van der Waals surface area contributed by atoms with Gasteiger partial charge in [-0.15, -0.1) is 0 Å². The minimum Gasteiger partial charge on any atom is -0.496 e. The number of benzene rings is 2. The van der Waals surface area contributed by atoms with Crippen LogP contribution in [0.15, 0.2) is 83.0 Å². The van der Waals surface area contributed by atoms with Gasteiger partial charge >= 0.3 is 0 Å². The Labute approximate surface area is 150 Å². The molecule has 0 saturated heterocycles. The summed E-state index contributed by atoms with van der Waals surface area (Å²) in [6, 6.07) is 18.2. The smallest absolute Gasteiger partial charge is 0.144 e. The second kappa shape index (κ2) is 7.43. The lowest BCUT2D eigenvalue weighted by molar-refractivity contribution is 0.412. The standard InChI is InChI=1S/C21H21BN2O/c1-15-20(22)16(2)24(14-13-17-9-5-4-6-10-17)21(23-15)18-11-7-8-12-19(18)25-3/h4-12H,2,13-14H2,1,3H3. The Morgan fingerprint density at radius 3 is 2.48 bits per heavy atom. The molecule has 2 radical (unpaired) electrons. The monoisotopic (exact) mass is 328 g/mol. The van der Waals surface area contributed by atoms with E-state index in [1.54, 1.807) is 7.11 Å². The number of methoxy groups -OCH3 is 1. The molecule has 0 aliphatic carbocycles. The quantitative estimate of drug-likeness (QED) is 0.778. The number of nitrogens with zero attached hydrogens (tertiary/aromatic N) is 2. The van der Waals surface area contributed by atoms with Crippen LogP contribution in [0.25, 0.3) is 0 Å². The second-order valence-corrected chi connectivity index (χ2v) is 5.97. The molecular weight excluding hydrogens is 307 g/mol. The molecule has 3 nitrogen and oxygen atoms in total. The Kier molecular flexibility index (Phi) is 5.08. The van der Waals surface area contributed by atoms with Crippen LogP contribution in [0.5, 0.6) is 5.75 Å². The zero-order valence-corrected chi connectivity index (χ0v) is 14.7. The van der Waals surface area contributed by atoms with Crippen molar-refractivity contribution < 1.29 is 4.74 Å². The van der Waals surface area contributed by atoms with Crippen LogP contribution in [-0.4, -0.2) is 32.2 Å². The van der Waals surface area contributed by atoms with E-state index >= 15 is 0 Å². The van der Waals surface area contributed by atoms with Crippen LogP contribution < -0.4 is 4.74 Å². The fourth-order valence-electron chi connectivity index (χ4n) is 2.92. The number of hydrogen-bond donors (Lipinski definition) is 0. The highest BCUT2D eigenvalue weighted by molar-refractivity contribution is 6.26. The van der Waals surface area contributed by atoms with Gasteiger partial charge in [0.1, 0.15) is 19.4 Å². The lowest BCUT2D eigenvalue weighted by atomic mass is 9.88. The van der Waals surface area contributed by atoms with Crippen molar-refractivity contribution in [1.82, 2.24) is 4.90 Å². The highest BCUT2D eigenvalue weighted by Gasteiger charge is 2.24. The van der Waals surface area contributed by atoms with Crippen molar-refractivity contribution in [3.05, 3.63) is 89.2 Å². The van der Waals surface area contributed by atoms with Gasteiger partial charge in [-0.3, -0.25) is 0 Å². The summed E-state index contributed by atoms with van der Waals surface area (Å²) in [6.07, 6.45) is 0.875. The van der Waals surface area contributed by atoms with Gasteiger partial charge in [0.2, 0.25) is 0 Å². The van der Waals surface area contributed by atoms with Crippen molar-refractivity contribution in [2.75, 3.05) is 13.7 Å². The van der Waals surface area contributed by atoms with Gasteiger partial charge < -0.3 is 9.64 Å². The molecule has 1 aliphatic heterocycles. The first-order chi connectivity index (χ1) is 12.1. The molecule has 1 aliphatic rings. The maximum Gasteiger partial charge on any atom is 0.144 e. The number of hydrogen-bond acceptors (Lipinski definition) is 3. The molecule has 0 unspecified atom stereocenters.